The number of thioether (sulfide) groups is 1. The van der Waals surface area contributed by atoms with Crippen molar-refractivity contribution in [2.75, 3.05) is 6.26 Å². The summed E-state index contributed by atoms with van der Waals surface area (Å²) in [7, 11) is 0. The van der Waals surface area contributed by atoms with Crippen molar-refractivity contribution in [2.45, 2.75) is 50.8 Å². The first kappa shape index (κ1) is 12.7. The van der Waals surface area contributed by atoms with E-state index in [0.717, 1.165) is 22.8 Å². The minimum absolute atomic E-state index is 0.604. The fourth-order valence-electron chi connectivity index (χ4n) is 3.02. The van der Waals surface area contributed by atoms with E-state index in [2.05, 4.69) is 24.7 Å². The van der Waals surface area contributed by atoms with Crippen molar-refractivity contribution >= 4 is 18.0 Å². The minimum Gasteiger partial charge on any atom is -0.345 e. The molecule has 1 saturated carbocycles. The van der Waals surface area contributed by atoms with Crippen LogP contribution in [0.4, 0.5) is 0 Å². The van der Waals surface area contributed by atoms with E-state index in [4.69, 9.17) is 0 Å². The summed E-state index contributed by atoms with van der Waals surface area (Å²) >= 11 is 2.00. The molecule has 0 aromatic carbocycles. The molecule has 1 heterocycles. The number of carbonyl (C=O) groups excluding carboxylic acids is 1. The number of nitrogens with zero attached hydrogens (tertiary/aromatic N) is 1. The second-order valence-electron chi connectivity index (χ2n) is 4.98. The summed E-state index contributed by atoms with van der Waals surface area (Å²) in [5.41, 5.74) is 3.23. The number of aldehydes is 1. The van der Waals surface area contributed by atoms with Crippen LogP contribution in [0.1, 0.15) is 53.5 Å². The monoisotopic (exact) mass is 251 g/mol. The molecule has 0 radical (unpaired) electrons. The summed E-state index contributed by atoms with van der Waals surface area (Å²) in [6.07, 6.45) is 8.30. The summed E-state index contributed by atoms with van der Waals surface area (Å²) in [6.45, 7) is 4.18. The first-order valence-corrected chi connectivity index (χ1v) is 7.62. The Morgan fingerprint density at radius 1 is 1.29 bits per heavy atom. The van der Waals surface area contributed by atoms with Crippen molar-refractivity contribution in [1.82, 2.24) is 4.57 Å². The Hall–Kier alpha value is -0.700. The zero-order valence-corrected chi connectivity index (χ0v) is 11.7. The van der Waals surface area contributed by atoms with Crippen molar-refractivity contribution in [3.8, 4) is 0 Å². The molecule has 0 bridgehead atoms. The summed E-state index contributed by atoms with van der Waals surface area (Å²) < 4.78 is 2.38. The third kappa shape index (κ3) is 2.44. The van der Waals surface area contributed by atoms with E-state index >= 15 is 0 Å². The molecule has 17 heavy (non-hydrogen) atoms. The van der Waals surface area contributed by atoms with Gasteiger partial charge in [0.25, 0.3) is 0 Å². The van der Waals surface area contributed by atoms with Crippen LogP contribution < -0.4 is 0 Å². The van der Waals surface area contributed by atoms with Crippen LogP contribution in [0, 0.1) is 13.8 Å². The predicted molar refractivity (Wildman–Crippen MR) is 74.1 cm³/mol. The van der Waals surface area contributed by atoms with Crippen LogP contribution in [0.15, 0.2) is 6.07 Å². The largest absolute Gasteiger partial charge is 0.345 e. The van der Waals surface area contributed by atoms with Gasteiger partial charge in [-0.25, -0.2) is 0 Å². The van der Waals surface area contributed by atoms with Crippen LogP contribution in [0.5, 0.6) is 0 Å². The Morgan fingerprint density at radius 2 is 1.94 bits per heavy atom. The lowest BCUT2D eigenvalue weighted by Crippen LogP contribution is -2.21. The Morgan fingerprint density at radius 3 is 2.41 bits per heavy atom. The number of rotatable bonds is 3. The third-order valence-electron chi connectivity index (χ3n) is 3.99. The van der Waals surface area contributed by atoms with E-state index in [0.29, 0.717) is 6.04 Å². The molecule has 0 unspecified atom stereocenters. The molecule has 1 aliphatic carbocycles. The fourth-order valence-corrected chi connectivity index (χ4v) is 3.77. The second kappa shape index (κ2) is 5.30. The quantitative estimate of drug-likeness (QED) is 0.763. The van der Waals surface area contributed by atoms with Crippen molar-refractivity contribution < 1.29 is 4.79 Å². The number of carbonyl (C=O) groups is 1. The average molecular weight is 251 g/mol. The Bertz CT molecular complexity index is 403. The van der Waals surface area contributed by atoms with Gasteiger partial charge in [0, 0.05) is 28.2 Å². The van der Waals surface area contributed by atoms with Crippen molar-refractivity contribution in [3.63, 3.8) is 0 Å². The maximum atomic E-state index is 11.0. The normalized spacial score (nSPS) is 24.9. The standard InChI is InChI=1S/C14H21NOS/c1-10-8-12(9-16)11(2)15(10)13-4-6-14(17-3)7-5-13/h8-9,13-14H,4-7H2,1-3H3. The van der Waals surface area contributed by atoms with Crippen LogP contribution in [0.2, 0.25) is 0 Å². The van der Waals surface area contributed by atoms with Crippen LogP contribution >= 0.6 is 11.8 Å². The van der Waals surface area contributed by atoms with Gasteiger partial charge in [-0.2, -0.15) is 11.8 Å². The van der Waals surface area contributed by atoms with Gasteiger partial charge in [-0.3, -0.25) is 4.79 Å². The highest BCUT2D eigenvalue weighted by atomic mass is 32.2. The molecular weight excluding hydrogens is 230 g/mol. The van der Waals surface area contributed by atoms with Gasteiger partial charge in [0.2, 0.25) is 0 Å². The first-order chi connectivity index (χ1) is 8.17. The van der Waals surface area contributed by atoms with Gasteiger partial charge in [-0.15, -0.1) is 0 Å². The topological polar surface area (TPSA) is 22.0 Å². The zero-order valence-electron chi connectivity index (χ0n) is 10.9. The molecule has 1 aliphatic rings. The molecule has 0 spiro atoms. The zero-order chi connectivity index (χ0) is 12.4. The second-order valence-corrected chi connectivity index (χ2v) is 6.12. The van der Waals surface area contributed by atoms with E-state index in [9.17, 15) is 4.79 Å². The highest BCUT2D eigenvalue weighted by Gasteiger charge is 2.24. The van der Waals surface area contributed by atoms with Gasteiger partial charge in [-0.05, 0) is 51.9 Å². The maximum absolute atomic E-state index is 11.0. The summed E-state index contributed by atoms with van der Waals surface area (Å²) in [5, 5.41) is 0.841. The smallest absolute Gasteiger partial charge is 0.151 e. The molecule has 94 valence electrons. The SMILES string of the molecule is CSC1CCC(n2c(C)cc(C=O)c2C)CC1. The average Bonchev–Trinajstić information content (AvgIpc) is 2.64. The van der Waals surface area contributed by atoms with Gasteiger partial charge >= 0.3 is 0 Å². The summed E-state index contributed by atoms with van der Waals surface area (Å²) in [4.78, 5) is 11.0. The Kier molecular flexibility index (Phi) is 3.97. The summed E-state index contributed by atoms with van der Waals surface area (Å²) in [6, 6.07) is 2.62. The van der Waals surface area contributed by atoms with Gasteiger partial charge in [0.05, 0.1) is 0 Å². The fraction of sp³-hybridized carbons (Fsp3) is 0.643. The molecule has 1 fully saturated rings. The number of hydrogen-bond acceptors (Lipinski definition) is 2. The molecular formula is C14H21NOS. The predicted octanol–water partition coefficient (Wildman–Crippen LogP) is 3.76. The van der Waals surface area contributed by atoms with Crippen LogP contribution in [0.25, 0.3) is 0 Å². The van der Waals surface area contributed by atoms with E-state index < -0.39 is 0 Å². The number of aryl methyl sites for hydroxylation is 1. The lowest BCUT2D eigenvalue weighted by atomic mass is 9.94. The van der Waals surface area contributed by atoms with E-state index in [1.54, 1.807) is 0 Å². The van der Waals surface area contributed by atoms with Crippen LogP contribution in [0.3, 0.4) is 0 Å². The van der Waals surface area contributed by atoms with E-state index in [1.807, 2.05) is 17.8 Å². The Labute approximate surface area is 108 Å². The highest BCUT2D eigenvalue weighted by Crippen LogP contribution is 2.35. The molecule has 1 aromatic rings. The molecule has 0 aliphatic heterocycles. The van der Waals surface area contributed by atoms with Crippen molar-refractivity contribution in [2.24, 2.45) is 0 Å². The van der Waals surface area contributed by atoms with Crippen molar-refractivity contribution in [1.29, 1.82) is 0 Å². The molecule has 0 amide bonds. The van der Waals surface area contributed by atoms with Gasteiger partial charge in [-0.1, -0.05) is 0 Å². The summed E-state index contributed by atoms with van der Waals surface area (Å²) in [5.74, 6) is 0. The molecule has 1 aromatic heterocycles. The third-order valence-corrected chi connectivity index (χ3v) is 5.13. The lowest BCUT2D eigenvalue weighted by Gasteiger charge is -2.30. The minimum atomic E-state index is 0.604. The maximum Gasteiger partial charge on any atom is 0.151 e. The number of aromatic nitrogens is 1. The van der Waals surface area contributed by atoms with Gasteiger partial charge in [0.1, 0.15) is 0 Å². The van der Waals surface area contributed by atoms with Gasteiger partial charge < -0.3 is 4.57 Å². The highest BCUT2D eigenvalue weighted by molar-refractivity contribution is 7.99. The van der Waals surface area contributed by atoms with Crippen LogP contribution in [-0.2, 0) is 0 Å². The molecule has 3 heteroatoms. The molecule has 2 rings (SSSR count). The van der Waals surface area contributed by atoms with E-state index in [-0.39, 0.29) is 0 Å². The van der Waals surface area contributed by atoms with Crippen molar-refractivity contribution in [3.05, 3.63) is 23.0 Å². The first-order valence-electron chi connectivity index (χ1n) is 6.33. The molecule has 0 atom stereocenters. The Balaban J connectivity index is 2.18. The molecule has 0 N–H and O–H groups in total. The van der Waals surface area contributed by atoms with Gasteiger partial charge in [0.15, 0.2) is 6.29 Å². The van der Waals surface area contributed by atoms with E-state index in [1.165, 1.54) is 31.4 Å². The number of hydrogen-bond donors (Lipinski definition) is 0. The molecule has 0 saturated heterocycles. The molecule has 2 nitrogen and oxygen atoms in total. The lowest BCUT2D eigenvalue weighted by molar-refractivity contribution is 0.112. The van der Waals surface area contributed by atoms with Crippen LogP contribution in [-0.4, -0.2) is 22.4 Å².